The fraction of sp³-hybridized carbons (Fsp3) is 0.600. The molecule has 2 unspecified atom stereocenters. The third-order valence-electron chi connectivity index (χ3n) is 1.32. The van der Waals surface area contributed by atoms with E-state index in [-0.39, 0.29) is 13.5 Å². The summed E-state index contributed by atoms with van der Waals surface area (Å²) in [5, 5.41) is 0. The summed E-state index contributed by atoms with van der Waals surface area (Å²) in [5.74, 6) is 5.01. The normalized spacial score (nSPS) is 17.7. The van der Waals surface area contributed by atoms with Crippen molar-refractivity contribution < 1.29 is 19.9 Å². The summed E-state index contributed by atoms with van der Waals surface area (Å²) in [6.45, 7) is 3.64. The predicted molar refractivity (Wildman–Crippen MR) is 59.2 cm³/mol. The van der Waals surface area contributed by atoms with Gasteiger partial charge in [-0.15, -0.1) is 5.92 Å². The quantitative estimate of drug-likeness (QED) is 0.436. The van der Waals surface area contributed by atoms with Gasteiger partial charge in [0.1, 0.15) is 6.10 Å². The topological polar surface area (TPSA) is 55.8 Å². The molecule has 0 heterocycles. The molecule has 0 aromatic heterocycles. The molecular formula is C10H17O4P. The van der Waals surface area contributed by atoms with Crippen molar-refractivity contribution in [1.82, 2.24) is 0 Å². The van der Waals surface area contributed by atoms with Crippen LogP contribution < -0.4 is 0 Å². The molecular weight excluding hydrogens is 215 g/mol. The van der Waals surface area contributed by atoms with Gasteiger partial charge in [0.2, 0.25) is 0 Å². The molecule has 1 N–H and O–H groups in total. The van der Waals surface area contributed by atoms with E-state index in [0.717, 1.165) is 0 Å². The SMILES string of the molecule is [3H]CC#CC(/C=C/C)OP(=O)(O)OCCC. The second-order valence-electron chi connectivity index (χ2n) is 2.67. The highest BCUT2D eigenvalue weighted by Gasteiger charge is 2.23. The predicted octanol–water partition coefficient (Wildman–Crippen LogP) is 2.50. The molecule has 15 heavy (non-hydrogen) atoms. The number of allylic oxidation sites excluding steroid dienone is 1. The molecule has 0 saturated heterocycles. The molecule has 0 rings (SSSR count). The Labute approximate surface area is 92.3 Å². The van der Waals surface area contributed by atoms with Crippen molar-refractivity contribution in [3.8, 4) is 11.8 Å². The number of phosphoric ester groups is 1. The summed E-state index contributed by atoms with van der Waals surface area (Å²) in [4.78, 5) is 9.30. The van der Waals surface area contributed by atoms with Gasteiger partial charge in [0, 0.05) is 1.37 Å². The van der Waals surface area contributed by atoms with Crippen molar-refractivity contribution >= 4 is 7.82 Å². The minimum Gasteiger partial charge on any atom is -0.302 e. The fourth-order valence-corrected chi connectivity index (χ4v) is 1.65. The maximum absolute atomic E-state index is 11.4. The van der Waals surface area contributed by atoms with Crippen LogP contribution in [0, 0.1) is 11.8 Å². The lowest BCUT2D eigenvalue weighted by atomic mass is 10.3. The molecule has 0 aromatic carbocycles. The zero-order valence-corrected chi connectivity index (χ0v) is 9.87. The van der Waals surface area contributed by atoms with E-state index in [1.165, 1.54) is 6.08 Å². The number of phosphoric acid groups is 1. The molecule has 0 aliphatic heterocycles. The van der Waals surface area contributed by atoms with Crippen LogP contribution in [0.25, 0.3) is 0 Å². The first-order chi connectivity index (χ1) is 7.55. The second kappa shape index (κ2) is 7.67. The van der Waals surface area contributed by atoms with Crippen molar-refractivity contribution in [2.45, 2.75) is 33.3 Å². The van der Waals surface area contributed by atoms with Crippen LogP contribution in [0.15, 0.2) is 12.2 Å². The monoisotopic (exact) mass is 234 g/mol. The minimum atomic E-state index is -4.05. The van der Waals surface area contributed by atoms with Crippen LogP contribution in [0.5, 0.6) is 0 Å². The van der Waals surface area contributed by atoms with E-state index in [1.807, 2.05) is 6.92 Å². The van der Waals surface area contributed by atoms with Gasteiger partial charge in [0.15, 0.2) is 0 Å². The van der Waals surface area contributed by atoms with Crippen LogP contribution >= 0.6 is 7.82 Å². The molecule has 0 bridgehead atoms. The van der Waals surface area contributed by atoms with Crippen molar-refractivity contribution in [2.75, 3.05) is 6.61 Å². The molecule has 2 atom stereocenters. The van der Waals surface area contributed by atoms with Crippen LogP contribution in [0.3, 0.4) is 0 Å². The third-order valence-corrected chi connectivity index (χ3v) is 2.32. The smallest absolute Gasteiger partial charge is 0.302 e. The molecule has 5 heteroatoms. The van der Waals surface area contributed by atoms with Gasteiger partial charge < -0.3 is 4.89 Å². The van der Waals surface area contributed by atoms with Gasteiger partial charge in [0.25, 0.3) is 0 Å². The van der Waals surface area contributed by atoms with Gasteiger partial charge in [-0.3, -0.25) is 9.05 Å². The van der Waals surface area contributed by atoms with Crippen molar-refractivity contribution in [2.24, 2.45) is 0 Å². The van der Waals surface area contributed by atoms with Crippen LogP contribution in [0.1, 0.15) is 28.5 Å². The summed E-state index contributed by atoms with van der Waals surface area (Å²) < 4.78 is 27.7. The lowest BCUT2D eigenvalue weighted by molar-refractivity contribution is 0.143. The number of hydrogen-bond donors (Lipinski definition) is 1. The van der Waals surface area contributed by atoms with E-state index < -0.39 is 13.9 Å². The van der Waals surface area contributed by atoms with E-state index in [4.69, 9.17) is 5.89 Å². The van der Waals surface area contributed by atoms with Crippen LogP contribution in [0.2, 0.25) is 0 Å². The summed E-state index contributed by atoms with van der Waals surface area (Å²) in [6.07, 6.45) is 2.99. The van der Waals surface area contributed by atoms with Gasteiger partial charge >= 0.3 is 7.82 Å². The van der Waals surface area contributed by atoms with Gasteiger partial charge in [0.05, 0.1) is 6.61 Å². The lowest BCUT2D eigenvalue weighted by Gasteiger charge is -2.13. The van der Waals surface area contributed by atoms with Crippen LogP contribution in [-0.2, 0) is 13.6 Å². The van der Waals surface area contributed by atoms with E-state index in [0.29, 0.717) is 6.42 Å². The molecule has 0 aliphatic rings. The van der Waals surface area contributed by atoms with E-state index >= 15 is 0 Å². The van der Waals surface area contributed by atoms with Gasteiger partial charge in [-0.05, 0) is 26.3 Å². The maximum atomic E-state index is 11.4. The Morgan fingerprint density at radius 3 is 3.00 bits per heavy atom. The first-order valence-corrected chi connectivity index (χ1v) is 6.11. The zero-order valence-electron chi connectivity index (χ0n) is 9.97. The standard InChI is InChI=1S/C10H17O4P/c1-4-7-10(8-5-2)14-15(11,12)13-9-6-3/h4,7,10H,6,9H2,1-3H3,(H,11,12)/b7-4+/i2T. The van der Waals surface area contributed by atoms with Crippen molar-refractivity contribution in [1.29, 1.82) is 0 Å². The average Bonchev–Trinajstić information content (AvgIpc) is 2.23. The molecule has 0 saturated carbocycles. The second-order valence-corrected chi connectivity index (χ2v) is 4.08. The molecule has 0 radical (unpaired) electrons. The molecule has 0 aliphatic carbocycles. The van der Waals surface area contributed by atoms with E-state index in [9.17, 15) is 9.46 Å². The van der Waals surface area contributed by atoms with E-state index in [2.05, 4.69) is 16.4 Å². The zero-order chi connectivity index (χ0) is 12.4. The van der Waals surface area contributed by atoms with Gasteiger partial charge in [-0.1, -0.05) is 18.9 Å². The van der Waals surface area contributed by atoms with Crippen molar-refractivity contribution in [3.63, 3.8) is 0 Å². The summed E-state index contributed by atoms with van der Waals surface area (Å²) in [5.41, 5.74) is 0. The number of hydrogen-bond acceptors (Lipinski definition) is 3. The van der Waals surface area contributed by atoms with Crippen LogP contribution in [-0.4, -0.2) is 17.6 Å². The molecule has 0 amide bonds. The molecule has 86 valence electrons. The Hall–Kier alpha value is -0.590. The van der Waals surface area contributed by atoms with Crippen molar-refractivity contribution in [3.05, 3.63) is 12.2 Å². The largest absolute Gasteiger partial charge is 0.473 e. The van der Waals surface area contributed by atoms with Crippen LogP contribution in [0.4, 0.5) is 0 Å². The Bertz CT molecular complexity index is 319. The van der Waals surface area contributed by atoms with Gasteiger partial charge in [-0.2, -0.15) is 0 Å². The molecule has 0 spiro atoms. The highest BCUT2D eigenvalue weighted by Crippen LogP contribution is 2.44. The highest BCUT2D eigenvalue weighted by molar-refractivity contribution is 7.47. The lowest BCUT2D eigenvalue weighted by Crippen LogP contribution is -2.07. The molecule has 0 aromatic rings. The number of rotatable bonds is 6. The highest BCUT2D eigenvalue weighted by atomic mass is 31.2. The summed E-state index contributed by atoms with van der Waals surface area (Å²) >= 11 is 0. The maximum Gasteiger partial charge on any atom is 0.473 e. The Kier molecular flexibility index (Phi) is 6.38. The van der Waals surface area contributed by atoms with E-state index in [1.54, 1.807) is 13.0 Å². The minimum absolute atomic E-state index is 0.0804. The fourth-order valence-electron chi connectivity index (χ4n) is 0.766. The average molecular weight is 234 g/mol. The first kappa shape index (κ1) is 12.5. The summed E-state index contributed by atoms with van der Waals surface area (Å²) in [6, 6.07) is 0. The third kappa shape index (κ3) is 7.35. The summed E-state index contributed by atoms with van der Waals surface area (Å²) in [7, 11) is -4.05. The molecule has 4 nitrogen and oxygen atoms in total. The molecule has 0 fully saturated rings. The Morgan fingerprint density at radius 2 is 2.47 bits per heavy atom. The first-order valence-electron chi connectivity index (χ1n) is 5.32. The Balaban J connectivity index is 4.43. The van der Waals surface area contributed by atoms with Gasteiger partial charge in [-0.25, -0.2) is 4.57 Å². The Morgan fingerprint density at radius 1 is 1.73 bits per heavy atom.